The van der Waals surface area contributed by atoms with Crippen molar-refractivity contribution in [3.63, 3.8) is 0 Å². The van der Waals surface area contributed by atoms with E-state index in [4.69, 9.17) is 5.11 Å². The summed E-state index contributed by atoms with van der Waals surface area (Å²) in [7, 11) is 0. The number of aromatic nitrogens is 2. The molecule has 0 aliphatic rings. The van der Waals surface area contributed by atoms with Gasteiger partial charge in [0.2, 0.25) is 0 Å². The maximum absolute atomic E-state index is 10.9. The van der Waals surface area contributed by atoms with E-state index < -0.39 is 10.9 Å². The van der Waals surface area contributed by atoms with Crippen LogP contribution in [0.4, 0.5) is 5.82 Å². The largest absolute Gasteiger partial charge is 0.481 e. The molecule has 0 aliphatic heterocycles. The first-order chi connectivity index (χ1) is 9.36. The first-order valence-corrected chi connectivity index (χ1v) is 6.49. The molecule has 0 saturated heterocycles. The molecule has 1 aromatic rings. The van der Waals surface area contributed by atoms with Crippen molar-refractivity contribution in [2.45, 2.75) is 39.8 Å². The van der Waals surface area contributed by atoms with Gasteiger partial charge in [0, 0.05) is 19.5 Å². The van der Waals surface area contributed by atoms with Gasteiger partial charge in [-0.05, 0) is 18.4 Å². The Balaban J connectivity index is 2.71. The van der Waals surface area contributed by atoms with Crippen LogP contribution in [0.25, 0.3) is 0 Å². The van der Waals surface area contributed by atoms with Gasteiger partial charge in [0.05, 0.1) is 6.42 Å². The number of rotatable bonds is 8. The van der Waals surface area contributed by atoms with Crippen LogP contribution in [0, 0.1) is 17.0 Å². The number of imidazole rings is 1. The summed E-state index contributed by atoms with van der Waals surface area (Å²) in [4.78, 5) is 27.1. The first kappa shape index (κ1) is 16.1. The Kier molecular flexibility index (Phi) is 5.63. The number of aryl methyl sites for hydroxylation is 1. The molecule has 1 aromatic heterocycles. The van der Waals surface area contributed by atoms with Crippen molar-refractivity contribution < 1.29 is 14.8 Å². The second-order valence-corrected chi connectivity index (χ2v) is 4.65. The van der Waals surface area contributed by atoms with Gasteiger partial charge in [-0.2, -0.15) is 0 Å². The van der Waals surface area contributed by atoms with Crippen LogP contribution >= 0.6 is 0 Å². The Morgan fingerprint density at radius 2 is 2.30 bits per heavy atom. The standard InChI is InChI=1S/C12H20N4O4/c1-4-14(9(2)7-12(17)18)5-6-15-10(3)13-8-11(15)16(19)20/h8-9H,4-7H2,1-3H3,(H,17,18). The van der Waals surface area contributed by atoms with E-state index in [2.05, 4.69) is 4.98 Å². The molecule has 0 bridgehead atoms. The van der Waals surface area contributed by atoms with Gasteiger partial charge < -0.3 is 15.2 Å². The van der Waals surface area contributed by atoms with Crippen molar-refractivity contribution in [3.8, 4) is 0 Å². The van der Waals surface area contributed by atoms with E-state index in [9.17, 15) is 14.9 Å². The van der Waals surface area contributed by atoms with Crippen LogP contribution in [0.15, 0.2) is 6.20 Å². The number of aliphatic carboxylic acids is 1. The highest BCUT2D eigenvalue weighted by Gasteiger charge is 2.20. The monoisotopic (exact) mass is 284 g/mol. The summed E-state index contributed by atoms with van der Waals surface area (Å²) in [5.74, 6) is -0.302. The lowest BCUT2D eigenvalue weighted by Crippen LogP contribution is -2.37. The van der Waals surface area contributed by atoms with E-state index in [0.29, 0.717) is 25.5 Å². The van der Waals surface area contributed by atoms with E-state index in [1.807, 2.05) is 18.7 Å². The van der Waals surface area contributed by atoms with Crippen LogP contribution < -0.4 is 0 Å². The SMILES string of the molecule is CCN(CCn1c([N+](=O)[O-])cnc1C)C(C)CC(=O)O. The zero-order valence-electron chi connectivity index (χ0n) is 11.9. The number of hydrogen-bond acceptors (Lipinski definition) is 5. The summed E-state index contributed by atoms with van der Waals surface area (Å²) in [6.07, 6.45) is 1.30. The van der Waals surface area contributed by atoms with Crippen LogP contribution in [-0.4, -0.2) is 49.6 Å². The van der Waals surface area contributed by atoms with Gasteiger partial charge in [-0.15, -0.1) is 0 Å². The number of likely N-dealkylation sites (N-methyl/N-ethyl adjacent to an activating group) is 1. The minimum Gasteiger partial charge on any atom is -0.481 e. The summed E-state index contributed by atoms with van der Waals surface area (Å²) in [6, 6.07) is -0.111. The van der Waals surface area contributed by atoms with Crippen molar-refractivity contribution in [2.24, 2.45) is 0 Å². The maximum Gasteiger partial charge on any atom is 0.342 e. The number of hydrogen-bond donors (Lipinski definition) is 1. The lowest BCUT2D eigenvalue weighted by molar-refractivity contribution is -0.392. The minimum atomic E-state index is -0.847. The Bertz CT molecular complexity index is 486. The number of carbonyl (C=O) groups is 1. The molecule has 20 heavy (non-hydrogen) atoms. The maximum atomic E-state index is 10.9. The summed E-state index contributed by atoms with van der Waals surface area (Å²) >= 11 is 0. The normalized spacial score (nSPS) is 12.6. The fourth-order valence-corrected chi connectivity index (χ4v) is 2.18. The molecule has 8 nitrogen and oxygen atoms in total. The molecule has 1 heterocycles. The number of carboxylic acids is 1. The molecule has 0 aromatic carbocycles. The molecule has 1 atom stereocenters. The third-order valence-corrected chi connectivity index (χ3v) is 3.33. The van der Waals surface area contributed by atoms with Gasteiger partial charge in [-0.1, -0.05) is 6.92 Å². The van der Waals surface area contributed by atoms with Crippen LogP contribution in [0.1, 0.15) is 26.1 Å². The van der Waals surface area contributed by atoms with E-state index in [1.54, 1.807) is 6.92 Å². The van der Waals surface area contributed by atoms with Crippen molar-refractivity contribution in [3.05, 3.63) is 22.1 Å². The van der Waals surface area contributed by atoms with Crippen LogP contribution in [0.5, 0.6) is 0 Å². The summed E-state index contributed by atoms with van der Waals surface area (Å²) in [5.41, 5.74) is 0. The Labute approximate surface area is 117 Å². The molecule has 1 N–H and O–H groups in total. The number of nitrogens with zero attached hydrogens (tertiary/aromatic N) is 4. The molecule has 0 aliphatic carbocycles. The second-order valence-electron chi connectivity index (χ2n) is 4.65. The van der Waals surface area contributed by atoms with E-state index >= 15 is 0 Å². The molecule has 0 saturated carbocycles. The fourth-order valence-electron chi connectivity index (χ4n) is 2.18. The minimum absolute atomic E-state index is 0.0376. The summed E-state index contributed by atoms with van der Waals surface area (Å²) in [5, 5.41) is 19.7. The van der Waals surface area contributed by atoms with E-state index in [0.717, 1.165) is 0 Å². The smallest absolute Gasteiger partial charge is 0.342 e. The molecule has 0 amide bonds. The highest BCUT2D eigenvalue weighted by Crippen LogP contribution is 2.14. The van der Waals surface area contributed by atoms with Gasteiger partial charge >= 0.3 is 11.8 Å². The van der Waals surface area contributed by atoms with Crippen molar-refractivity contribution in [1.29, 1.82) is 0 Å². The molecular weight excluding hydrogens is 264 g/mol. The van der Waals surface area contributed by atoms with Crippen LogP contribution in [0.3, 0.4) is 0 Å². The average Bonchev–Trinajstić information content (AvgIpc) is 2.71. The number of carboxylic acid groups (broad SMARTS) is 1. The quantitative estimate of drug-likeness (QED) is 0.570. The van der Waals surface area contributed by atoms with Crippen LogP contribution in [0.2, 0.25) is 0 Å². The number of nitro groups is 1. The molecule has 8 heteroatoms. The van der Waals surface area contributed by atoms with Crippen LogP contribution in [-0.2, 0) is 11.3 Å². The molecule has 112 valence electrons. The molecule has 1 rings (SSSR count). The fraction of sp³-hybridized carbons (Fsp3) is 0.667. The Morgan fingerprint density at radius 1 is 1.65 bits per heavy atom. The highest BCUT2D eigenvalue weighted by molar-refractivity contribution is 5.67. The predicted molar refractivity (Wildman–Crippen MR) is 72.6 cm³/mol. The second kappa shape index (κ2) is 6.99. The zero-order chi connectivity index (χ0) is 15.3. The predicted octanol–water partition coefficient (Wildman–Crippen LogP) is 1.28. The lowest BCUT2D eigenvalue weighted by atomic mass is 10.2. The molecule has 0 radical (unpaired) electrons. The van der Waals surface area contributed by atoms with E-state index in [-0.39, 0.29) is 18.3 Å². The lowest BCUT2D eigenvalue weighted by Gasteiger charge is -2.26. The molecular formula is C12H20N4O4. The molecule has 0 spiro atoms. The van der Waals surface area contributed by atoms with Gasteiger partial charge in [0.15, 0.2) is 5.82 Å². The zero-order valence-corrected chi connectivity index (χ0v) is 11.9. The third-order valence-electron chi connectivity index (χ3n) is 3.33. The van der Waals surface area contributed by atoms with Crippen molar-refractivity contribution in [2.75, 3.05) is 13.1 Å². The molecule has 1 unspecified atom stereocenters. The summed E-state index contributed by atoms with van der Waals surface area (Å²) in [6.45, 7) is 7.14. The van der Waals surface area contributed by atoms with Gasteiger partial charge in [-0.3, -0.25) is 9.69 Å². The Hall–Kier alpha value is -1.96. The average molecular weight is 284 g/mol. The Morgan fingerprint density at radius 3 is 2.80 bits per heavy atom. The van der Waals surface area contributed by atoms with Gasteiger partial charge in [-0.25, -0.2) is 9.55 Å². The highest BCUT2D eigenvalue weighted by atomic mass is 16.6. The molecule has 0 fully saturated rings. The first-order valence-electron chi connectivity index (χ1n) is 6.49. The van der Waals surface area contributed by atoms with E-state index in [1.165, 1.54) is 10.8 Å². The van der Waals surface area contributed by atoms with Crippen molar-refractivity contribution >= 4 is 11.8 Å². The van der Waals surface area contributed by atoms with Gasteiger partial charge in [0.25, 0.3) is 0 Å². The third kappa shape index (κ3) is 4.02. The van der Waals surface area contributed by atoms with Crippen molar-refractivity contribution in [1.82, 2.24) is 14.5 Å². The summed E-state index contributed by atoms with van der Waals surface area (Å²) < 4.78 is 1.54. The topological polar surface area (TPSA) is 102 Å². The van der Waals surface area contributed by atoms with Gasteiger partial charge in [0.1, 0.15) is 12.7 Å².